The van der Waals surface area contributed by atoms with Crippen molar-refractivity contribution >= 4 is 12.9 Å². The van der Waals surface area contributed by atoms with Crippen LogP contribution < -0.4 is 61.8 Å². The Labute approximate surface area is 114 Å². The Morgan fingerprint density at radius 3 is 2.67 bits per heavy atom. The average Bonchev–Trinajstić information content (AvgIpc) is 2.31. The van der Waals surface area contributed by atoms with Gasteiger partial charge in [-0.05, 0) is 13.6 Å². The van der Waals surface area contributed by atoms with E-state index in [0.29, 0.717) is 6.54 Å². The molecule has 0 aliphatic rings. The summed E-state index contributed by atoms with van der Waals surface area (Å²) in [6.45, 7) is 3.69. The number of hydrogen-bond acceptors (Lipinski definition) is 3. The van der Waals surface area contributed by atoms with E-state index in [4.69, 9.17) is 0 Å². The summed E-state index contributed by atoms with van der Waals surface area (Å²) < 4.78 is 12.6. The van der Waals surface area contributed by atoms with Gasteiger partial charge in [0.2, 0.25) is 0 Å². The normalized spacial score (nSPS) is 14.9. The van der Waals surface area contributed by atoms with Gasteiger partial charge in [-0.3, -0.25) is 0 Å². The van der Waals surface area contributed by atoms with Crippen LogP contribution in [0.2, 0.25) is 0 Å². The van der Waals surface area contributed by atoms with E-state index in [0.717, 1.165) is 0 Å². The Bertz CT molecular complexity index is 293. The zero-order chi connectivity index (χ0) is 8.48. The molecule has 1 heterocycles. The van der Waals surface area contributed by atoms with Crippen molar-refractivity contribution in [3.8, 4) is 0 Å². The molecule has 0 fully saturated rings. The van der Waals surface area contributed by atoms with Gasteiger partial charge in [-0.15, -0.1) is 0 Å². The quantitative estimate of drug-likeness (QED) is 0.383. The molecule has 0 radical (unpaired) electrons. The van der Waals surface area contributed by atoms with Crippen molar-refractivity contribution in [3.05, 3.63) is 12.4 Å². The van der Waals surface area contributed by atoms with E-state index in [1.165, 1.54) is 12.9 Å². The summed E-state index contributed by atoms with van der Waals surface area (Å²) in [5.74, 6) is 0. The Morgan fingerprint density at radius 1 is 1.75 bits per heavy atom. The van der Waals surface area contributed by atoms with Crippen molar-refractivity contribution in [1.29, 1.82) is 0 Å². The van der Waals surface area contributed by atoms with Crippen LogP contribution in [0.25, 0.3) is 0 Å². The van der Waals surface area contributed by atoms with Gasteiger partial charge in [-0.25, -0.2) is 4.98 Å². The smallest absolute Gasteiger partial charge is 0.794 e. The molecular formula is C6H10KN2O2P. The van der Waals surface area contributed by atoms with Crippen LogP contribution in [0.1, 0.15) is 6.92 Å². The maximum atomic E-state index is 11.0. The maximum absolute atomic E-state index is 11.0. The van der Waals surface area contributed by atoms with E-state index < -0.39 is 7.37 Å². The fourth-order valence-electron chi connectivity index (χ4n) is 0.906. The number of aryl methyl sites for hydroxylation is 1. The van der Waals surface area contributed by atoms with Crippen molar-refractivity contribution in [2.75, 3.05) is 6.66 Å². The minimum Gasteiger partial charge on any atom is -0.794 e. The summed E-state index contributed by atoms with van der Waals surface area (Å²) in [6.07, 6.45) is 3.15. The van der Waals surface area contributed by atoms with Crippen LogP contribution in [0, 0.1) is 0 Å². The molecule has 0 aromatic carbocycles. The van der Waals surface area contributed by atoms with Crippen LogP contribution in [0.5, 0.6) is 0 Å². The Kier molecular flexibility index (Phi) is 5.49. The summed E-state index contributed by atoms with van der Waals surface area (Å²) in [5.41, 5.74) is 0.167. The summed E-state index contributed by atoms with van der Waals surface area (Å²) in [7, 11) is -3.42. The van der Waals surface area contributed by atoms with Gasteiger partial charge in [-0.2, -0.15) is 0 Å². The third-order valence-corrected chi connectivity index (χ3v) is 2.50. The SMILES string of the molecule is CCn1ccnc1P(C)(=O)[O-].[K+]. The van der Waals surface area contributed by atoms with Gasteiger partial charge < -0.3 is 14.0 Å². The Morgan fingerprint density at radius 2 is 2.33 bits per heavy atom. The molecular weight excluding hydrogens is 202 g/mol. The molecule has 12 heavy (non-hydrogen) atoms. The summed E-state index contributed by atoms with van der Waals surface area (Å²) >= 11 is 0. The van der Waals surface area contributed by atoms with Gasteiger partial charge in [0.1, 0.15) is 0 Å². The topological polar surface area (TPSA) is 58.0 Å². The molecule has 1 aromatic rings. The monoisotopic (exact) mass is 212 g/mol. The summed E-state index contributed by atoms with van der Waals surface area (Å²) in [5, 5.41) is 0. The molecule has 4 nitrogen and oxygen atoms in total. The predicted molar refractivity (Wildman–Crippen MR) is 41.1 cm³/mol. The zero-order valence-corrected chi connectivity index (χ0v) is 11.5. The van der Waals surface area contributed by atoms with Crippen LogP contribution in [0.3, 0.4) is 0 Å². The van der Waals surface area contributed by atoms with Crippen molar-refractivity contribution < 1.29 is 60.8 Å². The molecule has 0 saturated carbocycles. The molecule has 1 unspecified atom stereocenters. The van der Waals surface area contributed by atoms with Crippen LogP contribution in [-0.2, 0) is 11.1 Å². The van der Waals surface area contributed by atoms with Crippen LogP contribution in [-0.4, -0.2) is 16.2 Å². The molecule has 0 bridgehead atoms. The van der Waals surface area contributed by atoms with Crippen molar-refractivity contribution in [2.24, 2.45) is 0 Å². The number of rotatable bonds is 2. The Hall–Kier alpha value is 1.04. The molecule has 0 aliphatic carbocycles. The van der Waals surface area contributed by atoms with Gasteiger partial charge in [0.15, 0.2) is 5.57 Å². The zero-order valence-electron chi connectivity index (χ0n) is 7.52. The van der Waals surface area contributed by atoms with Gasteiger partial charge in [0.05, 0.1) is 7.37 Å². The molecule has 0 amide bonds. The second-order valence-electron chi connectivity index (χ2n) is 2.36. The molecule has 0 aliphatic heterocycles. The number of hydrogen-bond donors (Lipinski definition) is 0. The standard InChI is InChI=1S/C6H11N2O2P.K/c1-3-8-5-4-7-6(8)11(2,9)10;/h4-5H,3H2,1-2H3,(H,9,10);/q;+1/p-1. The molecule has 0 saturated heterocycles. The summed E-state index contributed by atoms with van der Waals surface area (Å²) in [6, 6.07) is 0. The van der Waals surface area contributed by atoms with Crippen LogP contribution in [0.15, 0.2) is 12.4 Å². The van der Waals surface area contributed by atoms with Crippen molar-refractivity contribution in [1.82, 2.24) is 9.55 Å². The first-order valence-corrected chi connectivity index (χ1v) is 5.43. The first-order chi connectivity index (χ1) is 5.05. The van der Waals surface area contributed by atoms with E-state index in [2.05, 4.69) is 4.98 Å². The van der Waals surface area contributed by atoms with Crippen LogP contribution >= 0.6 is 7.37 Å². The molecule has 0 N–H and O–H groups in total. The third kappa shape index (κ3) is 3.07. The largest absolute Gasteiger partial charge is 1.00 e. The Balaban J connectivity index is 0.00000121. The van der Waals surface area contributed by atoms with Crippen molar-refractivity contribution in [2.45, 2.75) is 13.5 Å². The van der Waals surface area contributed by atoms with Crippen molar-refractivity contribution in [3.63, 3.8) is 0 Å². The molecule has 6 heteroatoms. The van der Waals surface area contributed by atoms with Gasteiger partial charge in [-0.1, -0.05) is 0 Å². The fourth-order valence-corrected chi connectivity index (χ4v) is 1.86. The maximum Gasteiger partial charge on any atom is 1.00 e. The molecule has 0 spiro atoms. The van der Waals surface area contributed by atoms with E-state index in [1.807, 2.05) is 6.92 Å². The summed E-state index contributed by atoms with van der Waals surface area (Å²) in [4.78, 5) is 14.8. The predicted octanol–water partition coefficient (Wildman–Crippen LogP) is -3.20. The van der Waals surface area contributed by atoms with E-state index in [-0.39, 0.29) is 57.0 Å². The third-order valence-electron chi connectivity index (χ3n) is 1.40. The first-order valence-electron chi connectivity index (χ1n) is 3.36. The first kappa shape index (κ1) is 13.0. The molecule has 1 atom stereocenters. The van der Waals surface area contributed by atoms with E-state index in [9.17, 15) is 9.46 Å². The molecule has 1 aromatic heterocycles. The number of aromatic nitrogens is 2. The van der Waals surface area contributed by atoms with Crippen LogP contribution in [0.4, 0.5) is 0 Å². The van der Waals surface area contributed by atoms with Gasteiger partial charge in [0, 0.05) is 18.9 Å². The van der Waals surface area contributed by atoms with Gasteiger partial charge in [0.25, 0.3) is 0 Å². The minimum atomic E-state index is -3.42. The van der Waals surface area contributed by atoms with Gasteiger partial charge >= 0.3 is 51.4 Å². The number of imidazole rings is 1. The average molecular weight is 212 g/mol. The van der Waals surface area contributed by atoms with E-state index >= 15 is 0 Å². The number of nitrogens with zero attached hydrogens (tertiary/aromatic N) is 2. The second-order valence-corrected chi connectivity index (χ2v) is 4.45. The molecule has 1 rings (SSSR count). The minimum absolute atomic E-state index is 0. The second kappa shape index (κ2) is 5.05. The van der Waals surface area contributed by atoms with E-state index in [1.54, 1.807) is 10.8 Å². The fraction of sp³-hybridized carbons (Fsp3) is 0.500. The molecule has 62 valence electrons.